The average Bonchev–Trinajstić information content (AvgIpc) is 3.30. The fraction of sp³-hybridized carbons (Fsp3) is 0.200. The summed E-state index contributed by atoms with van der Waals surface area (Å²) in [6.45, 7) is 1.99. The summed E-state index contributed by atoms with van der Waals surface area (Å²) in [7, 11) is 1.32. The summed E-state index contributed by atoms with van der Waals surface area (Å²) >= 11 is 13.4. The lowest BCUT2D eigenvalue weighted by atomic mass is 9.98. The Bertz CT molecular complexity index is 1300. The van der Waals surface area contributed by atoms with Crippen LogP contribution in [0.4, 0.5) is 18.9 Å². The van der Waals surface area contributed by atoms with Gasteiger partial charge in [0.1, 0.15) is 5.70 Å². The van der Waals surface area contributed by atoms with Crippen LogP contribution in [0.2, 0.25) is 10.0 Å². The summed E-state index contributed by atoms with van der Waals surface area (Å²) in [5.41, 5.74) is 7.57. The second kappa shape index (κ2) is 11.3. The number of hydrogen-bond acceptors (Lipinski definition) is 5. The Morgan fingerprint density at radius 2 is 1.83 bits per heavy atom. The number of aryl methyl sites for hydroxylation is 1. The highest BCUT2D eigenvalue weighted by atomic mass is 35.5. The molecule has 0 unspecified atom stereocenters. The second-order valence-corrected chi connectivity index (χ2v) is 9.29. The summed E-state index contributed by atoms with van der Waals surface area (Å²) in [5, 5.41) is 2.37. The van der Waals surface area contributed by atoms with E-state index in [9.17, 15) is 18.0 Å². The zero-order valence-electron chi connectivity index (χ0n) is 18.7. The van der Waals surface area contributed by atoms with Crippen molar-refractivity contribution in [3.8, 4) is 11.1 Å². The van der Waals surface area contributed by atoms with Gasteiger partial charge < -0.3 is 10.5 Å². The number of hydrogen-bond donors (Lipinski definition) is 1. The zero-order chi connectivity index (χ0) is 25.8. The molecule has 0 radical (unpaired) electrons. The number of allylic oxidation sites excluding steroid dienone is 2. The third-order valence-corrected chi connectivity index (χ3v) is 6.50. The molecule has 0 bridgehead atoms. The van der Waals surface area contributed by atoms with Gasteiger partial charge in [0.2, 0.25) is 0 Å². The Hall–Kier alpha value is -2.81. The van der Waals surface area contributed by atoms with Gasteiger partial charge in [-0.1, -0.05) is 48.3 Å². The quantitative estimate of drug-likeness (QED) is 0.249. The van der Waals surface area contributed by atoms with Crippen LogP contribution in [-0.4, -0.2) is 25.0 Å². The molecule has 35 heavy (non-hydrogen) atoms. The van der Waals surface area contributed by atoms with Crippen molar-refractivity contribution in [2.45, 2.75) is 25.9 Å². The minimum atomic E-state index is -4.72. The molecule has 3 aromatic rings. The number of nitrogens with two attached hydrogens (primary N) is 1. The van der Waals surface area contributed by atoms with E-state index >= 15 is 0 Å². The van der Waals surface area contributed by atoms with Gasteiger partial charge >= 0.3 is 12.1 Å². The van der Waals surface area contributed by atoms with Crippen molar-refractivity contribution >= 4 is 51.9 Å². The smallest absolute Gasteiger partial charge is 0.430 e. The third kappa shape index (κ3) is 7.10. The molecule has 0 amide bonds. The Kier molecular flexibility index (Phi) is 8.64. The zero-order valence-corrected chi connectivity index (χ0v) is 21.1. The van der Waals surface area contributed by atoms with Crippen LogP contribution in [0.1, 0.15) is 22.9 Å². The summed E-state index contributed by atoms with van der Waals surface area (Å²) in [6.07, 6.45) is -3.10. The summed E-state index contributed by atoms with van der Waals surface area (Å²) < 4.78 is 44.4. The van der Waals surface area contributed by atoms with E-state index in [-0.39, 0.29) is 28.8 Å². The first-order valence-electron chi connectivity index (χ1n) is 10.4. The molecule has 4 nitrogen and oxygen atoms in total. The lowest BCUT2D eigenvalue weighted by molar-refractivity contribution is -0.139. The molecule has 0 aliphatic carbocycles. The molecule has 2 N–H and O–H groups in total. The van der Waals surface area contributed by atoms with Crippen LogP contribution in [0, 0.1) is 0 Å². The van der Waals surface area contributed by atoms with Gasteiger partial charge in [-0.2, -0.15) is 13.2 Å². The predicted molar refractivity (Wildman–Crippen MR) is 136 cm³/mol. The van der Waals surface area contributed by atoms with Gasteiger partial charge in [0.15, 0.2) is 0 Å². The molecule has 1 aromatic heterocycles. The molecule has 1 heterocycles. The van der Waals surface area contributed by atoms with Crippen molar-refractivity contribution in [1.29, 1.82) is 0 Å². The molecule has 0 saturated heterocycles. The lowest BCUT2D eigenvalue weighted by Gasteiger charge is -2.08. The van der Waals surface area contributed by atoms with Crippen molar-refractivity contribution in [2.75, 3.05) is 7.11 Å². The number of nitrogens with zero attached hydrogens (tertiary/aromatic N) is 1. The molecule has 2 aromatic carbocycles. The molecule has 3 rings (SSSR count). The SMILES string of the molecule is CCc1cc(CC(=O)OC)cc(-c2csc(C(C=C(N)C(F)(F)F)=Nc3cc(Cl)ccc3Cl)c2)c1. The number of rotatable bonds is 7. The first kappa shape index (κ1) is 26.8. The molecule has 184 valence electrons. The molecule has 0 aliphatic rings. The van der Waals surface area contributed by atoms with Gasteiger partial charge in [0.05, 0.1) is 34.8 Å². The Balaban J connectivity index is 2.10. The molecular formula is C25H21Cl2F3N2O2S. The summed E-state index contributed by atoms with van der Waals surface area (Å²) in [6, 6.07) is 12.0. The molecule has 0 fully saturated rings. The van der Waals surface area contributed by atoms with E-state index in [1.54, 1.807) is 17.5 Å². The van der Waals surface area contributed by atoms with Crippen LogP contribution < -0.4 is 5.73 Å². The van der Waals surface area contributed by atoms with Crippen LogP contribution >= 0.6 is 34.5 Å². The second-order valence-electron chi connectivity index (χ2n) is 7.53. The largest absolute Gasteiger partial charge is 0.469 e. The molecule has 0 spiro atoms. The van der Waals surface area contributed by atoms with E-state index in [4.69, 9.17) is 33.7 Å². The van der Waals surface area contributed by atoms with Crippen LogP contribution in [0.5, 0.6) is 0 Å². The minimum absolute atomic E-state index is 0.0123. The first-order valence-corrected chi connectivity index (χ1v) is 12.0. The van der Waals surface area contributed by atoms with E-state index in [1.807, 2.05) is 25.1 Å². The number of alkyl halides is 3. The predicted octanol–water partition coefficient (Wildman–Crippen LogP) is 7.53. The molecule has 10 heteroatoms. The van der Waals surface area contributed by atoms with Crippen molar-refractivity contribution < 1.29 is 22.7 Å². The average molecular weight is 541 g/mol. The van der Waals surface area contributed by atoms with E-state index in [2.05, 4.69) is 4.99 Å². The van der Waals surface area contributed by atoms with Crippen molar-refractivity contribution in [1.82, 2.24) is 0 Å². The molecule has 0 atom stereocenters. The van der Waals surface area contributed by atoms with Gasteiger partial charge in [0.25, 0.3) is 0 Å². The fourth-order valence-corrected chi connectivity index (χ4v) is 4.39. The number of carbonyl (C=O) groups excluding carboxylic acids is 1. The normalized spacial score (nSPS) is 12.7. The summed E-state index contributed by atoms with van der Waals surface area (Å²) in [5.74, 6) is -0.365. The minimum Gasteiger partial charge on any atom is -0.469 e. The van der Waals surface area contributed by atoms with E-state index in [0.29, 0.717) is 9.90 Å². The van der Waals surface area contributed by atoms with E-state index in [0.717, 1.165) is 34.8 Å². The third-order valence-electron chi connectivity index (χ3n) is 4.99. The van der Waals surface area contributed by atoms with Crippen molar-refractivity contribution in [3.63, 3.8) is 0 Å². The van der Waals surface area contributed by atoms with Gasteiger partial charge in [-0.15, -0.1) is 11.3 Å². The number of thiophene rings is 1. The van der Waals surface area contributed by atoms with Crippen molar-refractivity contribution in [3.05, 3.63) is 85.7 Å². The van der Waals surface area contributed by atoms with Gasteiger partial charge in [0, 0.05) is 5.02 Å². The number of esters is 1. The Morgan fingerprint density at radius 3 is 2.49 bits per heavy atom. The van der Waals surface area contributed by atoms with E-state index < -0.39 is 11.9 Å². The highest BCUT2D eigenvalue weighted by Crippen LogP contribution is 2.33. The van der Waals surface area contributed by atoms with Crippen LogP contribution in [-0.2, 0) is 22.4 Å². The van der Waals surface area contributed by atoms with Crippen LogP contribution in [0.3, 0.4) is 0 Å². The standard InChI is InChI=1S/C25H21Cl2F3N2O2S/c1-3-14-6-15(9-24(33)34-2)8-16(7-14)17-10-22(35-13-17)21(12-23(31)25(28,29)30)32-20-11-18(26)4-5-19(20)27/h4-8,10-13H,3,9,31H2,1-2H3. The monoisotopic (exact) mass is 540 g/mol. The molecule has 0 saturated carbocycles. The number of methoxy groups -OCH3 is 1. The Morgan fingerprint density at radius 1 is 1.11 bits per heavy atom. The maximum absolute atomic E-state index is 13.2. The van der Waals surface area contributed by atoms with Gasteiger partial charge in [-0.05, 0) is 64.4 Å². The topological polar surface area (TPSA) is 64.7 Å². The fourth-order valence-electron chi connectivity index (χ4n) is 3.19. The van der Waals surface area contributed by atoms with Crippen LogP contribution in [0.25, 0.3) is 11.1 Å². The van der Waals surface area contributed by atoms with E-state index in [1.165, 1.54) is 30.6 Å². The lowest BCUT2D eigenvalue weighted by Crippen LogP contribution is -2.20. The first-order chi connectivity index (χ1) is 16.5. The maximum atomic E-state index is 13.2. The summed E-state index contributed by atoms with van der Waals surface area (Å²) in [4.78, 5) is 16.6. The van der Waals surface area contributed by atoms with Crippen molar-refractivity contribution in [2.24, 2.45) is 10.7 Å². The molecular weight excluding hydrogens is 520 g/mol. The highest BCUT2D eigenvalue weighted by Gasteiger charge is 2.32. The number of benzene rings is 2. The Labute approximate surface area is 214 Å². The molecule has 0 aliphatic heterocycles. The highest BCUT2D eigenvalue weighted by molar-refractivity contribution is 7.12. The maximum Gasteiger partial charge on any atom is 0.430 e. The number of halogens is 5. The van der Waals surface area contributed by atoms with Gasteiger partial charge in [-0.25, -0.2) is 4.99 Å². The van der Waals surface area contributed by atoms with Crippen LogP contribution in [0.15, 0.2) is 64.6 Å². The number of aliphatic imine (C=N–C) groups is 1. The number of carbonyl (C=O) groups is 1. The van der Waals surface area contributed by atoms with Gasteiger partial charge in [-0.3, -0.25) is 4.79 Å². The number of ether oxygens (including phenoxy) is 1.